The summed E-state index contributed by atoms with van der Waals surface area (Å²) >= 11 is 0. The van der Waals surface area contributed by atoms with Crippen molar-refractivity contribution >= 4 is 11.6 Å². The van der Waals surface area contributed by atoms with Crippen LogP contribution in [0.1, 0.15) is 12.8 Å². The monoisotopic (exact) mass is 284 g/mol. The Labute approximate surface area is 116 Å². The van der Waals surface area contributed by atoms with E-state index in [1.807, 2.05) is 4.90 Å². The van der Waals surface area contributed by atoms with Crippen LogP contribution in [0.4, 0.5) is 14.5 Å². The highest BCUT2D eigenvalue weighted by atomic mass is 19.1. The molecule has 1 atom stereocenters. The van der Waals surface area contributed by atoms with Gasteiger partial charge in [-0.25, -0.2) is 8.78 Å². The zero-order valence-corrected chi connectivity index (χ0v) is 11.1. The van der Waals surface area contributed by atoms with E-state index in [4.69, 9.17) is 5.11 Å². The van der Waals surface area contributed by atoms with Crippen LogP contribution in [-0.4, -0.2) is 42.2 Å². The number of likely N-dealkylation sites (tertiary alicyclic amines) is 1. The average molecular weight is 284 g/mol. The molecular formula is C14H18F2N2O2. The molecule has 1 aliphatic rings. The van der Waals surface area contributed by atoms with Crippen LogP contribution in [0, 0.1) is 17.6 Å². The second kappa shape index (κ2) is 6.76. The number of rotatable bonds is 5. The fourth-order valence-electron chi connectivity index (χ4n) is 2.50. The number of nitrogens with zero attached hydrogens (tertiary/aromatic N) is 1. The average Bonchev–Trinajstić information content (AvgIpc) is 2.75. The van der Waals surface area contributed by atoms with Crippen LogP contribution < -0.4 is 5.32 Å². The molecule has 110 valence electrons. The standard InChI is InChI=1S/C14H18F2N2O2/c15-11-5-12(16)7-13(6-11)17-14(20)9-18-3-1-10(8-18)2-4-19/h5-7,10,19H,1-4,8-9H2,(H,17,20). The molecule has 1 saturated heterocycles. The lowest BCUT2D eigenvalue weighted by atomic mass is 10.1. The molecule has 20 heavy (non-hydrogen) atoms. The van der Waals surface area contributed by atoms with Gasteiger partial charge in [-0.05, 0) is 37.4 Å². The summed E-state index contributed by atoms with van der Waals surface area (Å²) in [7, 11) is 0. The maximum Gasteiger partial charge on any atom is 0.238 e. The van der Waals surface area contributed by atoms with Gasteiger partial charge < -0.3 is 10.4 Å². The first-order valence-electron chi connectivity index (χ1n) is 6.66. The smallest absolute Gasteiger partial charge is 0.238 e. The van der Waals surface area contributed by atoms with E-state index in [-0.39, 0.29) is 24.7 Å². The van der Waals surface area contributed by atoms with E-state index < -0.39 is 11.6 Å². The number of benzene rings is 1. The highest BCUT2D eigenvalue weighted by Crippen LogP contribution is 2.19. The van der Waals surface area contributed by atoms with E-state index >= 15 is 0 Å². The van der Waals surface area contributed by atoms with Crippen molar-refractivity contribution < 1.29 is 18.7 Å². The van der Waals surface area contributed by atoms with E-state index in [1.165, 1.54) is 0 Å². The largest absolute Gasteiger partial charge is 0.396 e. The molecule has 1 amide bonds. The zero-order valence-electron chi connectivity index (χ0n) is 11.1. The molecule has 1 fully saturated rings. The molecule has 0 bridgehead atoms. The number of hydrogen-bond donors (Lipinski definition) is 2. The summed E-state index contributed by atoms with van der Waals surface area (Å²) < 4.78 is 26.0. The molecular weight excluding hydrogens is 266 g/mol. The van der Waals surface area contributed by atoms with Gasteiger partial charge in [0.1, 0.15) is 11.6 Å². The Morgan fingerprint density at radius 3 is 2.70 bits per heavy atom. The molecule has 1 aromatic rings. The van der Waals surface area contributed by atoms with Crippen molar-refractivity contribution in [2.75, 3.05) is 31.6 Å². The summed E-state index contributed by atoms with van der Waals surface area (Å²) in [5.74, 6) is -1.31. The van der Waals surface area contributed by atoms with Gasteiger partial charge in [0.15, 0.2) is 0 Å². The molecule has 1 heterocycles. The second-order valence-corrected chi connectivity index (χ2v) is 5.11. The molecule has 0 aromatic heterocycles. The van der Waals surface area contributed by atoms with Gasteiger partial charge in [0, 0.05) is 24.9 Å². The van der Waals surface area contributed by atoms with Gasteiger partial charge in [-0.2, -0.15) is 0 Å². The minimum Gasteiger partial charge on any atom is -0.396 e. The molecule has 2 rings (SSSR count). The number of halogens is 2. The Kier molecular flexibility index (Phi) is 5.03. The summed E-state index contributed by atoms with van der Waals surface area (Å²) in [5.41, 5.74) is 0.124. The molecule has 4 nitrogen and oxygen atoms in total. The minimum atomic E-state index is -0.718. The summed E-state index contributed by atoms with van der Waals surface area (Å²) in [6, 6.07) is 2.93. The molecule has 1 aliphatic heterocycles. The minimum absolute atomic E-state index is 0.124. The summed E-state index contributed by atoms with van der Waals surface area (Å²) in [4.78, 5) is 13.8. The molecule has 1 unspecified atom stereocenters. The van der Waals surface area contributed by atoms with E-state index in [0.717, 1.165) is 44.1 Å². The molecule has 0 saturated carbocycles. The predicted molar refractivity (Wildman–Crippen MR) is 71.2 cm³/mol. The quantitative estimate of drug-likeness (QED) is 0.863. The van der Waals surface area contributed by atoms with Crippen LogP contribution in [-0.2, 0) is 4.79 Å². The molecule has 6 heteroatoms. The number of carbonyl (C=O) groups is 1. The highest BCUT2D eigenvalue weighted by molar-refractivity contribution is 5.92. The van der Waals surface area contributed by atoms with Gasteiger partial charge in [0.05, 0.1) is 6.54 Å². The van der Waals surface area contributed by atoms with Gasteiger partial charge in [0.2, 0.25) is 5.91 Å². The first kappa shape index (κ1) is 14.9. The van der Waals surface area contributed by atoms with Crippen molar-refractivity contribution in [3.05, 3.63) is 29.8 Å². The number of nitrogens with one attached hydrogen (secondary N) is 1. The SMILES string of the molecule is O=C(CN1CCC(CCO)C1)Nc1cc(F)cc(F)c1. The van der Waals surface area contributed by atoms with Crippen LogP contribution >= 0.6 is 0 Å². The molecule has 0 radical (unpaired) electrons. The topological polar surface area (TPSA) is 52.6 Å². The Balaban J connectivity index is 1.84. The van der Waals surface area contributed by atoms with E-state index in [2.05, 4.69) is 5.32 Å². The lowest BCUT2D eigenvalue weighted by molar-refractivity contribution is -0.117. The number of aliphatic hydroxyl groups is 1. The Bertz CT molecular complexity index is 462. The van der Waals surface area contributed by atoms with Crippen LogP contribution in [0.15, 0.2) is 18.2 Å². The van der Waals surface area contributed by atoms with Crippen LogP contribution in [0.3, 0.4) is 0 Å². The number of hydrogen-bond acceptors (Lipinski definition) is 3. The van der Waals surface area contributed by atoms with Crippen LogP contribution in [0.5, 0.6) is 0 Å². The van der Waals surface area contributed by atoms with Gasteiger partial charge >= 0.3 is 0 Å². The fourth-order valence-corrected chi connectivity index (χ4v) is 2.50. The van der Waals surface area contributed by atoms with Crippen molar-refractivity contribution in [1.29, 1.82) is 0 Å². The van der Waals surface area contributed by atoms with Crippen LogP contribution in [0.25, 0.3) is 0 Å². The highest BCUT2D eigenvalue weighted by Gasteiger charge is 2.23. The summed E-state index contributed by atoms with van der Waals surface area (Å²) in [6.07, 6.45) is 1.70. The number of amides is 1. The Morgan fingerprint density at radius 2 is 2.05 bits per heavy atom. The van der Waals surface area contributed by atoms with Gasteiger partial charge in [-0.3, -0.25) is 9.69 Å². The van der Waals surface area contributed by atoms with Gasteiger partial charge in [-0.1, -0.05) is 0 Å². The van der Waals surface area contributed by atoms with Gasteiger partial charge in [0.25, 0.3) is 0 Å². The number of aliphatic hydroxyl groups excluding tert-OH is 1. The fraction of sp³-hybridized carbons (Fsp3) is 0.500. The normalized spacial score (nSPS) is 19.2. The maximum atomic E-state index is 13.0. The second-order valence-electron chi connectivity index (χ2n) is 5.11. The lowest BCUT2D eigenvalue weighted by Crippen LogP contribution is -2.31. The first-order chi connectivity index (χ1) is 9.56. The van der Waals surface area contributed by atoms with Crippen molar-refractivity contribution in [2.24, 2.45) is 5.92 Å². The lowest BCUT2D eigenvalue weighted by Gasteiger charge is -2.15. The van der Waals surface area contributed by atoms with E-state index in [0.29, 0.717) is 5.92 Å². The van der Waals surface area contributed by atoms with E-state index in [1.54, 1.807) is 0 Å². The molecule has 0 spiro atoms. The zero-order chi connectivity index (χ0) is 14.5. The van der Waals surface area contributed by atoms with Crippen LogP contribution in [0.2, 0.25) is 0 Å². The van der Waals surface area contributed by atoms with Crippen molar-refractivity contribution in [3.63, 3.8) is 0 Å². The predicted octanol–water partition coefficient (Wildman–Crippen LogP) is 1.61. The van der Waals surface area contributed by atoms with E-state index in [9.17, 15) is 13.6 Å². The van der Waals surface area contributed by atoms with Gasteiger partial charge in [-0.15, -0.1) is 0 Å². The number of anilines is 1. The third kappa shape index (κ3) is 4.25. The van der Waals surface area contributed by atoms with Crippen molar-refractivity contribution in [3.8, 4) is 0 Å². The molecule has 1 aromatic carbocycles. The summed E-state index contributed by atoms with van der Waals surface area (Å²) in [5, 5.41) is 11.4. The third-order valence-electron chi connectivity index (χ3n) is 3.42. The summed E-state index contributed by atoms with van der Waals surface area (Å²) in [6.45, 7) is 1.93. The maximum absolute atomic E-state index is 13.0. The van der Waals surface area contributed by atoms with Crippen molar-refractivity contribution in [1.82, 2.24) is 4.90 Å². The Hall–Kier alpha value is -1.53. The molecule has 0 aliphatic carbocycles. The Morgan fingerprint density at radius 1 is 1.35 bits per heavy atom. The third-order valence-corrected chi connectivity index (χ3v) is 3.42. The first-order valence-corrected chi connectivity index (χ1v) is 6.66. The van der Waals surface area contributed by atoms with Crippen molar-refractivity contribution in [2.45, 2.75) is 12.8 Å². The number of carbonyl (C=O) groups excluding carboxylic acids is 1. The molecule has 2 N–H and O–H groups in total.